The molecule has 0 aromatic carbocycles. The monoisotopic (exact) mass is 277 g/mol. The lowest BCUT2D eigenvalue weighted by atomic mass is 9.92. The van der Waals surface area contributed by atoms with Gasteiger partial charge in [-0.2, -0.15) is 0 Å². The fraction of sp³-hybridized carbons (Fsp3) is 0.571. The molecular formula is C14H19N3O3. The number of ether oxygens (including phenoxy) is 1. The van der Waals surface area contributed by atoms with Crippen LogP contribution in [0.15, 0.2) is 18.3 Å². The van der Waals surface area contributed by atoms with Crippen LogP contribution in [0.4, 0.5) is 10.5 Å². The molecular weight excluding hydrogens is 258 g/mol. The molecule has 2 bridgehead atoms. The Morgan fingerprint density at radius 3 is 2.75 bits per heavy atom. The standard InChI is InChI=1S/C14H19N3O3/c1-20-12-6-11(4-5-15-12)17-7-9-2-3-10(8-17)13(9)16-14(18)19/h4-6,9-10,13,16H,2-3,7-8H2,1H3,(H,18,19)/t9-,10+,13?. The van der Waals surface area contributed by atoms with E-state index >= 15 is 0 Å². The molecule has 3 atom stereocenters. The highest BCUT2D eigenvalue weighted by Gasteiger charge is 2.42. The van der Waals surface area contributed by atoms with E-state index < -0.39 is 6.09 Å². The number of hydrogen-bond acceptors (Lipinski definition) is 4. The number of nitrogens with zero attached hydrogens (tertiary/aromatic N) is 2. The third-order valence-corrected chi connectivity index (χ3v) is 4.42. The smallest absolute Gasteiger partial charge is 0.404 e. The molecule has 2 heterocycles. The van der Waals surface area contributed by atoms with Gasteiger partial charge in [0.1, 0.15) is 0 Å². The van der Waals surface area contributed by atoms with Gasteiger partial charge in [0.15, 0.2) is 0 Å². The molecule has 1 aliphatic heterocycles. The van der Waals surface area contributed by atoms with Crippen LogP contribution in [-0.4, -0.2) is 42.4 Å². The van der Waals surface area contributed by atoms with Gasteiger partial charge in [-0.1, -0.05) is 0 Å². The largest absolute Gasteiger partial charge is 0.481 e. The van der Waals surface area contributed by atoms with Crippen molar-refractivity contribution in [2.24, 2.45) is 11.8 Å². The maximum absolute atomic E-state index is 10.9. The average Bonchev–Trinajstić information content (AvgIpc) is 2.69. The first kappa shape index (κ1) is 13.0. The van der Waals surface area contributed by atoms with Crippen LogP contribution in [0.3, 0.4) is 0 Å². The lowest BCUT2D eigenvalue weighted by Crippen LogP contribution is -2.52. The second kappa shape index (κ2) is 5.19. The Kier molecular flexibility index (Phi) is 3.38. The number of fused-ring (bicyclic) bond motifs is 2. The lowest BCUT2D eigenvalue weighted by Gasteiger charge is -2.39. The Labute approximate surface area is 117 Å². The van der Waals surface area contributed by atoms with Gasteiger partial charge in [0.05, 0.1) is 7.11 Å². The number of piperidine rings is 1. The number of anilines is 1. The molecule has 2 aliphatic rings. The van der Waals surface area contributed by atoms with E-state index in [2.05, 4.69) is 15.2 Å². The molecule has 20 heavy (non-hydrogen) atoms. The van der Waals surface area contributed by atoms with Gasteiger partial charge >= 0.3 is 6.09 Å². The number of amides is 1. The van der Waals surface area contributed by atoms with E-state index in [-0.39, 0.29) is 6.04 Å². The van der Waals surface area contributed by atoms with Gasteiger partial charge in [0.2, 0.25) is 5.88 Å². The fourth-order valence-electron chi connectivity index (χ4n) is 3.52. The predicted molar refractivity (Wildman–Crippen MR) is 74.2 cm³/mol. The second-order valence-electron chi connectivity index (χ2n) is 5.53. The highest BCUT2D eigenvalue weighted by molar-refractivity contribution is 5.65. The summed E-state index contributed by atoms with van der Waals surface area (Å²) in [4.78, 5) is 17.3. The minimum absolute atomic E-state index is 0.104. The minimum atomic E-state index is -0.911. The molecule has 1 amide bonds. The zero-order valence-electron chi connectivity index (χ0n) is 11.5. The Bertz CT molecular complexity index is 494. The first-order valence-electron chi connectivity index (χ1n) is 6.92. The molecule has 1 unspecified atom stereocenters. The van der Waals surface area contributed by atoms with Gasteiger partial charge in [0, 0.05) is 37.1 Å². The highest BCUT2D eigenvalue weighted by atomic mass is 16.5. The van der Waals surface area contributed by atoms with Gasteiger partial charge in [-0.3, -0.25) is 0 Å². The zero-order valence-corrected chi connectivity index (χ0v) is 11.5. The summed E-state index contributed by atoms with van der Waals surface area (Å²) in [5, 5.41) is 11.6. The van der Waals surface area contributed by atoms with Gasteiger partial charge in [0.25, 0.3) is 0 Å². The molecule has 6 heteroatoms. The lowest BCUT2D eigenvalue weighted by molar-refractivity contribution is 0.178. The van der Waals surface area contributed by atoms with Crippen molar-refractivity contribution < 1.29 is 14.6 Å². The molecule has 1 aliphatic carbocycles. The van der Waals surface area contributed by atoms with Crippen LogP contribution in [0.5, 0.6) is 5.88 Å². The summed E-state index contributed by atoms with van der Waals surface area (Å²) in [6.45, 7) is 1.77. The quantitative estimate of drug-likeness (QED) is 0.877. The van der Waals surface area contributed by atoms with Crippen molar-refractivity contribution in [2.75, 3.05) is 25.1 Å². The number of hydrogen-bond donors (Lipinski definition) is 2. The van der Waals surface area contributed by atoms with E-state index in [4.69, 9.17) is 9.84 Å². The van der Waals surface area contributed by atoms with E-state index in [1.54, 1.807) is 13.3 Å². The van der Waals surface area contributed by atoms with Crippen molar-refractivity contribution in [3.8, 4) is 5.88 Å². The van der Waals surface area contributed by atoms with Crippen molar-refractivity contribution >= 4 is 11.8 Å². The average molecular weight is 277 g/mol. The molecule has 108 valence electrons. The van der Waals surface area contributed by atoms with Crippen LogP contribution in [0.1, 0.15) is 12.8 Å². The summed E-state index contributed by atoms with van der Waals surface area (Å²) in [7, 11) is 1.61. The summed E-state index contributed by atoms with van der Waals surface area (Å²) >= 11 is 0. The van der Waals surface area contributed by atoms with Crippen LogP contribution in [0, 0.1) is 11.8 Å². The number of carboxylic acid groups (broad SMARTS) is 1. The SMILES string of the molecule is COc1cc(N2C[C@H]3CC[C@@H](C2)C3NC(=O)O)ccn1. The van der Waals surface area contributed by atoms with Crippen molar-refractivity contribution in [1.82, 2.24) is 10.3 Å². The Morgan fingerprint density at radius 2 is 2.15 bits per heavy atom. The zero-order chi connectivity index (χ0) is 14.1. The first-order chi connectivity index (χ1) is 9.67. The molecule has 3 rings (SSSR count). The molecule has 1 aromatic heterocycles. The minimum Gasteiger partial charge on any atom is -0.481 e. The number of methoxy groups -OCH3 is 1. The summed E-state index contributed by atoms with van der Waals surface area (Å²) in [6, 6.07) is 4.02. The summed E-state index contributed by atoms with van der Waals surface area (Å²) in [5.74, 6) is 1.40. The van der Waals surface area contributed by atoms with Crippen LogP contribution >= 0.6 is 0 Å². The Hall–Kier alpha value is -1.98. The number of carbonyl (C=O) groups is 1. The van der Waals surface area contributed by atoms with Crippen molar-refractivity contribution in [2.45, 2.75) is 18.9 Å². The normalized spacial score (nSPS) is 28.2. The predicted octanol–water partition coefficient (Wildman–Crippen LogP) is 1.57. The molecule has 2 N–H and O–H groups in total. The fourth-order valence-corrected chi connectivity index (χ4v) is 3.52. The molecule has 6 nitrogen and oxygen atoms in total. The third-order valence-electron chi connectivity index (χ3n) is 4.42. The summed E-state index contributed by atoms with van der Waals surface area (Å²) in [5.41, 5.74) is 1.10. The first-order valence-corrected chi connectivity index (χ1v) is 6.92. The van der Waals surface area contributed by atoms with Crippen LogP contribution in [0.25, 0.3) is 0 Å². The Balaban J connectivity index is 1.74. The van der Waals surface area contributed by atoms with E-state index in [1.165, 1.54) is 0 Å². The number of aromatic nitrogens is 1. The molecule has 0 radical (unpaired) electrons. The van der Waals surface area contributed by atoms with Crippen molar-refractivity contribution in [1.29, 1.82) is 0 Å². The molecule has 0 spiro atoms. The summed E-state index contributed by atoms with van der Waals surface area (Å²) in [6.07, 6.45) is 3.02. The third kappa shape index (κ3) is 2.37. The van der Waals surface area contributed by atoms with Crippen molar-refractivity contribution in [3.05, 3.63) is 18.3 Å². The molecule has 2 fully saturated rings. The van der Waals surface area contributed by atoms with E-state index in [9.17, 15) is 4.79 Å². The van der Waals surface area contributed by atoms with Gasteiger partial charge in [-0.05, 0) is 30.7 Å². The number of pyridine rings is 1. The molecule has 1 saturated heterocycles. The van der Waals surface area contributed by atoms with Crippen molar-refractivity contribution in [3.63, 3.8) is 0 Å². The maximum Gasteiger partial charge on any atom is 0.404 e. The van der Waals surface area contributed by atoms with Crippen LogP contribution in [0.2, 0.25) is 0 Å². The van der Waals surface area contributed by atoms with Gasteiger partial charge < -0.3 is 20.1 Å². The highest BCUT2D eigenvalue weighted by Crippen LogP contribution is 2.38. The maximum atomic E-state index is 10.9. The van der Waals surface area contributed by atoms with E-state index in [1.807, 2.05) is 12.1 Å². The number of rotatable bonds is 3. The molecule has 1 saturated carbocycles. The second-order valence-corrected chi connectivity index (χ2v) is 5.53. The van der Waals surface area contributed by atoms with E-state index in [0.717, 1.165) is 31.6 Å². The summed E-state index contributed by atoms with van der Waals surface area (Å²) < 4.78 is 5.16. The topological polar surface area (TPSA) is 74.7 Å². The molecule has 1 aromatic rings. The van der Waals surface area contributed by atoms with E-state index in [0.29, 0.717) is 17.7 Å². The van der Waals surface area contributed by atoms with Crippen LogP contribution in [-0.2, 0) is 0 Å². The van der Waals surface area contributed by atoms with Crippen LogP contribution < -0.4 is 15.0 Å². The van der Waals surface area contributed by atoms with Gasteiger partial charge in [-0.15, -0.1) is 0 Å². The Morgan fingerprint density at radius 1 is 1.45 bits per heavy atom. The number of nitrogens with one attached hydrogen (secondary N) is 1. The van der Waals surface area contributed by atoms with Gasteiger partial charge in [-0.25, -0.2) is 9.78 Å².